The van der Waals surface area contributed by atoms with Gasteiger partial charge in [-0.25, -0.2) is 0 Å². The Balaban J connectivity index is 2.35. The van der Waals surface area contributed by atoms with Crippen LogP contribution in [0.15, 0.2) is 11.6 Å². The number of carbonyl (C=O) groups excluding carboxylic acids is 1. The van der Waals surface area contributed by atoms with Gasteiger partial charge in [-0.1, -0.05) is 19.9 Å². The molecule has 17 heavy (non-hydrogen) atoms. The van der Waals surface area contributed by atoms with Crippen molar-refractivity contribution < 1.29 is 9.90 Å². The topological polar surface area (TPSA) is 37.3 Å². The summed E-state index contributed by atoms with van der Waals surface area (Å²) in [5.41, 5.74) is 0.234. The highest BCUT2D eigenvalue weighted by molar-refractivity contribution is 5.95. The van der Waals surface area contributed by atoms with Crippen molar-refractivity contribution in [2.45, 2.75) is 52.6 Å². The van der Waals surface area contributed by atoms with E-state index in [1.165, 1.54) is 0 Å². The summed E-state index contributed by atoms with van der Waals surface area (Å²) in [5.74, 6) is 1.96. The zero-order valence-electron chi connectivity index (χ0n) is 11.4. The average molecular weight is 236 g/mol. The highest BCUT2D eigenvalue weighted by Gasteiger charge is 2.47. The van der Waals surface area contributed by atoms with Gasteiger partial charge in [0.15, 0.2) is 5.78 Å². The molecule has 96 valence electrons. The lowest BCUT2D eigenvalue weighted by molar-refractivity contribution is -0.126. The lowest BCUT2D eigenvalue weighted by atomic mass is 9.58. The van der Waals surface area contributed by atoms with Crippen LogP contribution in [0.1, 0.15) is 47.0 Å². The maximum absolute atomic E-state index is 11.8. The molecule has 0 heterocycles. The van der Waals surface area contributed by atoms with E-state index in [1.807, 2.05) is 13.8 Å². The van der Waals surface area contributed by atoms with E-state index in [4.69, 9.17) is 0 Å². The molecule has 2 nitrogen and oxygen atoms in total. The van der Waals surface area contributed by atoms with Crippen molar-refractivity contribution in [2.75, 3.05) is 0 Å². The fraction of sp³-hybridized carbons (Fsp3) is 0.800. The number of aliphatic hydroxyl groups is 1. The molecule has 2 aliphatic carbocycles. The third-order valence-corrected chi connectivity index (χ3v) is 4.89. The normalized spacial score (nSPS) is 42.4. The maximum Gasteiger partial charge on any atom is 0.158 e. The molecular weight excluding hydrogens is 212 g/mol. The van der Waals surface area contributed by atoms with Gasteiger partial charge in [0.05, 0.1) is 5.60 Å². The van der Waals surface area contributed by atoms with E-state index in [9.17, 15) is 9.90 Å². The molecule has 1 saturated carbocycles. The molecule has 0 spiro atoms. The number of fused-ring (bicyclic) bond motifs is 1. The molecule has 0 unspecified atom stereocenters. The lowest BCUT2D eigenvalue weighted by Crippen LogP contribution is -2.49. The van der Waals surface area contributed by atoms with Gasteiger partial charge < -0.3 is 5.11 Å². The van der Waals surface area contributed by atoms with Gasteiger partial charge in [-0.3, -0.25) is 4.79 Å². The van der Waals surface area contributed by atoms with Crippen molar-refractivity contribution in [3.63, 3.8) is 0 Å². The van der Waals surface area contributed by atoms with E-state index in [-0.39, 0.29) is 11.7 Å². The highest BCUT2D eigenvalue weighted by atomic mass is 16.3. The summed E-state index contributed by atoms with van der Waals surface area (Å²) in [6, 6.07) is 0. The van der Waals surface area contributed by atoms with Crippen molar-refractivity contribution in [3.05, 3.63) is 11.6 Å². The van der Waals surface area contributed by atoms with Crippen LogP contribution < -0.4 is 0 Å². The summed E-state index contributed by atoms with van der Waals surface area (Å²) >= 11 is 0. The average Bonchev–Trinajstić information content (AvgIpc) is 2.20. The Hall–Kier alpha value is -0.630. The Bertz CT molecular complexity index is 352. The number of hydrogen-bond donors (Lipinski definition) is 1. The molecule has 0 aromatic rings. The van der Waals surface area contributed by atoms with Crippen molar-refractivity contribution in [1.82, 2.24) is 0 Å². The van der Waals surface area contributed by atoms with Gasteiger partial charge in [-0.05, 0) is 50.0 Å². The predicted molar refractivity (Wildman–Crippen MR) is 68.5 cm³/mol. The molecular formula is C15H24O2. The van der Waals surface area contributed by atoms with Gasteiger partial charge >= 0.3 is 0 Å². The minimum atomic E-state index is -0.664. The van der Waals surface area contributed by atoms with Crippen LogP contribution in [0, 0.1) is 23.7 Å². The second kappa shape index (κ2) is 4.24. The Morgan fingerprint density at radius 2 is 2.12 bits per heavy atom. The molecule has 1 fully saturated rings. The molecule has 4 atom stereocenters. The number of Topliss-reactive ketones (excluding diaryl/α,β-unsaturated/α-hetero) is 1. The quantitative estimate of drug-likeness (QED) is 0.760. The summed E-state index contributed by atoms with van der Waals surface area (Å²) < 4.78 is 0. The van der Waals surface area contributed by atoms with Crippen LogP contribution in [-0.2, 0) is 4.79 Å². The van der Waals surface area contributed by atoms with Gasteiger partial charge in [-0.2, -0.15) is 0 Å². The van der Waals surface area contributed by atoms with E-state index >= 15 is 0 Å². The summed E-state index contributed by atoms with van der Waals surface area (Å²) in [6.45, 7) is 8.32. The van der Waals surface area contributed by atoms with Gasteiger partial charge in [0, 0.05) is 12.3 Å². The van der Waals surface area contributed by atoms with Gasteiger partial charge in [-0.15, -0.1) is 0 Å². The van der Waals surface area contributed by atoms with Crippen LogP contribution in [-0.4, -0.2) is 16.5 Å². The van der Waals surface area contributed by atoms with E-state index in [1.54, 1.807) is 0 Å². The smallest absolute Gasteiger partial charge is 0.158 e. The molecule has 0 aromatic carbocycles. The number of rotatable bonds is 1. The molecule has 2 heteroatoms. The molecule has 0 radical (unpaired) electrons. The van der Waals surface area contributed by atoms with Crippen molar-refractivity contribution in [3.8, 4) is 0 Å². The van der Waals surface area contributed by atoms with E-state index < -0.39 is 5.60 Å². The fourth-order valence-corrected chi connectivity index (χ4v) is 3.67. The van der Waals surface area contributed by atoms with E-state index in [0.717, 1.165) is 18.4 Å². The summed E-state index contributed by atoms with van der Waals surface area (Å²) in [6.07, 6.45) is 4.57. The summed E-state index contributed by atoms with van der Waals surface area (Å²) in [7, 11) is 0. The van der Waals surface area contributed by atoms with Gasteiger partial charge in [0.2, 0.25) is 0 Å². The fourth-order valence-electron chi connectivity index (χ4n) is 3.67. The second-order valence-electron chi connectivity index (χ2n) is 6.46. The predicted octanol–water partition coefficient (Wildman–Crippen LogP) is 2.95. The summed E-state index contributed by atoms with van der Waals surface area (Å²) in [4.78, 5) is 11.8. The summed E-state index contributed by atoms with van der Waals surface area (Å²) in [5, 5.41) is 10.5. The van der Waals surface area contributed by atoms with Crippen LogP contribution in [0.25, 0.3) is 0 Å². The van der Waals surface area contributed by atoms with Crippen molar-refractivity contribution in [2.24, 2.45) is 23.7 Å². The third-order valence-electron chi connectivity index (χ3n) is 4.89. The Morgan fingerprint density at radius 3 is 2.71 bits per heavy atom. The largest absolute Gasteiger partial charge is 0.390 e. The molecule has 1 N–H and O–H groups in total. The van der Waals surface area contributed by atoms with Crippen LogP contribution in [0.2, 0.25) is 0 Å². The maximum atomic E-state index is 11.8. The monoisotopic (exact) mass is 236 g/mol. The zero-order chi connectivity index (χ0) is 12.8. The SMILES string of the molecule is CC1=C[C@H]2[C@@H](CC1=O)[C@](C)(O)CC[C@H]2C(C)C. The lowest BCUT2D eigenvalue weighted by Gasteiger charge is -2.49. The van der Waals surface area contributed by atoms with Gasteiger partial charge in [0.1, 0.15) is 0 Å². The Morgan fingerprint density at radius 1 is 1.47 bits per heavy atom. The first-order valence-corrected chi connectivity index (χ1v) is 6.77. The molecule has 2 aliphatic rings. The second-order valence-corrected chi connectivity index (χ2v) is 6.46. The number of allylic oxidation sites excluding steroid dienone is 2. The third kappa shape index (κ3) is 2.20. The molecule has 2 rings (SSSR count). The molecule has 0 amide bonds. The minimum absolute atomic E-state index is 0.125. The van der Waals surface area contributed by atoms with Crippen LogP contribution in [0.3, 0.4) is 0 Å². The zero-order valence-corrected chi connectivity index (χ0v) is 11.4. The molecule has 0 aromatic heterocycles. The van der Waals surface area contributed by atoms with Crippen molar-refractivity contribution >= 4 is 5.78 Å². The first kappa shape index (κ1) is 12.8. The number of hydrogen-bond acceptors (Lipinski definition) is 2. The number of ketones is 1. The van der Waals surface area contributed by atoms with E-state index in [2.05, 4.69) is 19.9 Å². The molecule has 0 saturated heterocycles. The standard InChI is InChI=1S/C15H24O2/c1-9(2)11-5-6-15(4,17)13-8-14(16)10(3)7-12(11)13/h7,9,11-13,17H,5-6,8H2,1-4H3/t11-,12+,13+,15+/m0/s1. The number of carbonyl (C=O) groups is 1. The van der Waals surface area contributed by atoms with Gasteiger partial charge in [0.25, 0.3) is 0 Å². The van der Waals surface area contributed by atoms with Crippen molar-refractivity contribution in [1.29, 1.82) is 0 Å². The Kier molecular flexibility index (Phi) is 3.19. The first-order chi connectivity index (χ1) is 7.83. The van der Waals surface area contributed by atoms with Crippen LogP contribution in [0.4, 0.5) is 0 Å². The molecule has 0 aliphatic heterocycles. The van der Waals surface area contributed by atoms with Crippen LogP contribution in [0.5, 0.6) is 0 Å². The minimum Gasteiger partial charge on any atom is -0.390 e. The molecule has 0 bridgehead atoms. The Labute approximate surface area is 104 Å². The van der Waals surface area contributed by atoms with Crippen LogP contribution >= 0.6 is 0 Å². The van der Waals surface area contributed by atoms with E-state index in [0.29, 0.717) is 24.2 Å². The first-order valence-electron chi connectivity index (χ1n) is 6.77. The highest BCUT2D eigenvalue weighted by Crippen LogP contribution is 2.48.